The fourth-order valence-corrected chi connectivity index (χ4v) is 5.15. The average Bonchev–Trinajstić information content (AvgIpc) is 3.42. The Kier molecular flexibility index (Phi) is 7.85. The summed E-state index contributed by atoms with van der Waals surface area (Å²) in [7, 11) is 0. The molecule has 37 heavy (non-hydrogen) atoms. The van der Waals surface area contributed by atoms with Gasteiger partial charge in [0.1, 0.15) is 5.82 Å². The molecule has 1 aliphatic heterocycles. The van der Waals surface area contributed by atoms with Gasteiger partial charge in [-0.05, 0) is 67.6 Å². The molecule has 0 aromatic heterocycles. The largest absolute Gasteiger partial charge is 0.416 e. The number of carbonyl (C=O) groups is 1. The highest BCUT2D eigenvalue weighted by molar-refractivity contribution is 5.78. The quantitative estimate of drug-likeness (QED) is 0.423. The van der Waals surface area contributed by atoms with E-state index in [9.17, 15) is 35.5 Å². The smallest absolute Gasteiger partial charge is 0.370 e. The molecule has 2 aliphatic rings. The number of ether oxygens (including phenoxy) is 1. The van der Waals surface area contributed by atoms with Crippen LogP contribution in [0.15, 0.2) is 42.5 Å². The van der Waals surface area contributed by atoms with Crippen LogP contribution in [0.4, 0.5) is 30.7 Å². The van der Waals surface area contributed by atoms with Gasteiger partial charge in [0.25, 0.3) is 0 Å². The van der Waals surface area contributed by atoms with Crippen LogP contribution in [-0.2, 0) is 21.9 Å². The third-order valence-electron chi connectivity index (χ3n) is 7.02. The van der Waals surface area contributed by atoms with Crippen molar-refractivity contribution in [2.24, 2.45) is 0 Å². The first-order chi connectivity index (χ1) is 17.3. The molecule has 2 aromatic rings. The van der Waals surface area contributed by atoms with E-state index in [2.05, 4.69) is 10.6 Å². The second kappa shape index (κ2) is 10.6. The van der Waals surface area contributed by atoms with Crippen LogP contribution in [0.25, 0.3) is 0 Å². The molecule has 1 aliphatic carbocycles. The van der Waals surface area contributed by atoms with Gasteiger partial charge in [0.2, 0.25) is 5.91 Å². The number of rotatable bonds is 7. The maximum absolute atomic E-state index is 13.6. The molecular weight excluding hydrogens is 505 g/mol. The Morgan fingerprint density at radius 3 is 2.14 bits per heavy atom. The lowest BCUT2D eigenvalue weighted by molar-refractivity contribution is -0.143. The van der Waals surface area contributed by atoms with E-state index in [1.165, 1.54) is 19.1 Å². The first-order valence-corrected chi connectivity index (χ1v) is 12.0. The topological polar surface area (TPSA) is 50.4 Å². The molecular formula is C26H27F7N2O2. The molecule has 0 bridgehead atoms. The van der Waals surface area contributed by atoms with Crippen LogP contribution in [0.5, 0.6) is 0 Å². The van der Waals surface area contributed by atoms with Gasteiger partial charge in [-0.2, -0.15) is 26.3 Å². The number of alkyl halides is 6. The number of carbonyl (C=O) groups excluding carboxylic acids is 1. The predicted octanol–water partition coefficient (Wildman–Crippen LogP) is 6.12. The summed E-state index contributed by atoms with van der Waals surface area (Å²) in [6.07, 6.45) is -9.27. The number of nitrogens with one attached hydrogen (secondary N) is 2. The van der Waals surface area contributed by atoms with E-state index in [1.807, 2.05) is 0 Å². The van der Waals surface area contributed by atoms with Crippen molar-refractivity contribution in [3.05, 3.63) is 70.5 Å². The molecule has 4 rings (SSSR count). The predicted molar refractivity (Wildman–Crippen MR) is 121 cm³/mol. The molecule has 2 aromatic carbocycles. The van der Waals surface area contributed by atoms with E-state index in [0.717, 1.165) is 5.56 Å². The number of hydrogen-bond acceptors (Lipinski definition) is 3. The lowest BCUT2D eigenvalue weighted by atomic mass is 9.91. The summed E-state index contributed by atoms with van der Waals surface area (Å²) in [6, 6.07) is 7.07. The molecule has 1 saturated carbocycles. The molecule has 0 unspecified atom stereocenters. The zero-order valence-corrected chi connectivity index (χ0v) is 19.9. The molecule has 4 nitrogen and oxygen atoms in total. The number of benzene rings is 2. The highest BCUT2D eigenvalue weighted by Crippen LogP contribution is 2.42. The third-order valence-corrected chi connectivity index (χ3v) is 7.02. The summed E-state index contributed by atoms with van der Waals surface area (Å²) in [5.74, 6) is -0.787. The van der Waals surface area contributed by atoms with Crippen molar-refractivity contribution in [1.29, 1.82) is 0 Å². The van der Waals surface area contributed by atoms with Crippen LogP contribution >= 0.6 is 0 Å². The van der Waals surface area contributed by atoms with Crippen LogP contribution in [-0.4, -0.2) is 30.6 Å². The number of hydrogen-bond donors (Lipinski definition) is 2. The molecule has 1 amide bonds. The van der Waals surface area contributed by atoms with Gasteiger partial charge in [-0.25, -0.2) is 4.39 Å². The molecule has 1 saturated heterocycles. The van der Waals surface area contributed by atoms with Crippen molar-refractivity contribution in [3.63, 3.8) is 0 Å². The fraction of sp³-hybridized carbons (Fsp3) is 0.500. The molecule has 0 radical (unpaired) electrons. The molecule has 202 valence electrons. The SMILES string of the molecule is C[C@H](O[C@@H]1CC[C@H](NC[C@H]2CCC(=O)N2)[C@@H]1c1ccc(F)cc1)c1cc(C(F)(F)F)cc(C(F)(F)F)c1. The van der Waals surface area contributed by atoms with E-state index in [1.54, 1.807) is 12.1 Å². The van der Waals surface area contributed by atoms with Crippen molar-refractivity contribution in [3.8, 4) is 0 Å². The number of amides is 1. The Labute approximate surface area is 209 Å². The number of halogens is 7. The first kappa shape index (κ1) is 27.4. The average molecular weight is 533 g/mol. The molecule has 2 N–H and O–H groups in total. The van der Waals surface area contributed by atoms with E-state index in [0.29, 0.717) is 44.4 Å². The Morgan fingerprint density at radius 1 is 0.973 bits per heavy atom. The van der Waals surface area contributed by atoms with Crippen molar-refractivity contribution < 1.29 is 40.3 Å². The maximum Gasteiger partial charge on any atom is 0.416 e. The van der Waals surface area contributed by atoms with Gasteiger partial charge < -0.3 is 15.4 Å². The van der Waals surface area contributed by atoms with Gasteiger partial charge in [0.15, 0.2) is 0 Å². The van der Waals surface area contributed by atoms with Crippen molar-refractivity contribution in [2.45, 2.75) is 75.2 Å². The molecule has 0 spiro atoms. The highest BCUT2D eigenvalue weighted by atomic mass is 19.4. The third kappa shape index (κ3) is 6.62. The van der Waals surface area contributed by atoms with Gasteiger partial charge in [-0.1, -0.05) is 12.1 Å². The summed E-state index contributed by atoms with van der Waals surface area (Å²) in [5, 5.41) is 6.30. The van der Waals surface area contributed by atoms with Crippen molar-refractivity contribution in [1.82, 2.24) is 10.6 Å². The van der Waals surface area contributed by atoms with Gasteiger partial charge in [-0.15, -0.1) is 0 Å². The lowest BCUT2D eigenvalue weighted by Gasteiger charge is -2.29. The summed E-state index contributed by atoms with van der Waals surface area (Å²) >= 11 is 0. The van der Waals surface area contributed by atoms with E-state index >= 15 is 0 Å². The van der Waals surface area contributed by atoms with Crippen LogP contribution in [0, 0.1) is 5.82 Å². The lowest BCUT2D eigenvalue weighted by Crippen LogP contribution is -2.42. The minimum atomic E-state index is -4.95. The molecule has 11 heteroatoms. The zero-order chi connectivity index (χ0) is 27.0. The van der Waals surface area contributed by atoms with Crippen LogP contribution in [0.3, 0.4) is 0 Å². The van der Waals surface area contributed by atoms with E-state index in [-0.39, 0.29) is 35.5 Å². The van der Waals surface area contributed by atoms with E-state index < -0.39 is 41.5 Å². The normalized spacial score (nSPS) is 25.4. The Balaban J connectivity index is 1.57. The second-order valence-corrected chi connectivity index (χ2v) is 9.63. The van der Waals surface area contributed by atoms with E-state index in [4.69, 9.17) is 4.74 Å². The molecule has 1 heterocycles. The summed E-state index contributed by atoms with van der Waals surface area (Å²) in [5.41, 5.74) is -2.28. The zero-order valence-electron chi connectivity index (χ0n) is 19.9. The van der Waals surface area contributed by atoms with Gasteiger partial charge in [0.05, 0.1) is 23.3 Å². The van der Waals surface area contributed by atoms with Gasteiger partial charge in [0, 0.05) is 31.0 Å². The van der Waals surface area contributed by atoms with Crippen molar-refractivity contribution in [2.75, 3.05) is 6.54 Å². The Morgan fingerprint density at radius 2 is 1.59 bits per heavy atom. The second-order valence-electron chi connectivity index (χ2n) is 9.63. The fourth-order valence-electron chi connectivity index (χ4n) is 5.15. The Hall–Kier alpha value is -2.66. The summed E-state index contributed by atoms with van der Waals surface area (Å²) in [6.45, 7) is 1.92. The maximum atomic E-state index is 13.6. The minimum absolute atomic E-state index is 0.0253. The minimum Gasteiger partial charge on any atom is -0.370 e. The van der Waals surface area contributed by atoms with Gasteiger partial charge >= 0.3 is 12.4 Å². The van der Waals surface area contributed by atoms with Crippen molar-refractivity contribution >= 4 is 5.91 Å². The standard InChI is InChI=1S/C26H27F7N2O2/c1-14(16-10-17(25(28,29)30)12-18(11-16)26(31,32)33)37-22-8-7-21(34-13-20-6-9-23(36)35-20)24(22)15-2-4-19(27)5-3-15/h2-5,10-12,14,20-22,24,34H,6-9,13H2,1H3,(H,35,36)/t14-,20+,21-,22+,24-/m0/s1. The molecule has 5 atom stereocenters. The van der Waals surface area contributed by atoms with Gasteiger partial charge in [-0.3, -0.25) is 4.79 Å². The highest BCUT2D eigenvalue weighted by Gasteiger charge is 2.41. The summed E-state index contributed by atoms with van der Waals surface area (Å²) < 4.78 is 99.7. The monoisotopic (exact) mass is 532 g/mol. The molecule has 2 fully saturated rings. The Bertz CT molecular complexity index is 1070. The van der Waals surface area contributed by atoms with Crippen LogP contribution in [0.2, 0.25) is 0 Å². The van der Waals surface area contributed by atoms with Crippen LogP contribution < -0.4 is 10.6 Å². The summed E-state index contributed by atoms with van der Waals surface area (Å²) in [4.78, 5) is 11.5. The van der Waals surface area contributed by atoms with Crippen LogP contribution in [0.1, 0.15) is 66.9 Å². The first-order valence-electron chi connectivity index (χ1n) is 12.0.